The van der Waals surface area contributed by atoms with E-state index in [1.807, 2.05) is 0 Å². The smallest absolute Gasteiger partial charge is 0.191 e. The predicted molar refractivity (Wildman–Crippen MR) is 103 cm³/mol. The minimum Gasteiger partial charge on any atom is -0.381 e. The lowest BCUT2D eigenvalue weighted by atomic mass is 9.99. The van der Waals surface area contributed by atoms with Crippen LogP contribution in [0.25, 0.3) is 0 Å². The Balaban J connectivity index is 1.71. The summed E-state index contributed by atoms with van der Waals surface area (Å²) in [6.07, 6.45) is 11.8. The van der Waals surface area contributed by atoms with Crippen molar-refractivity contribution < 1.29 is 13.2 Å². The zero-order chi connectivity index (χ0) is 18.2. The third kappa shape index (κ3) is 6.13. The van der Waals surface area contributed by atoms with Gasteiger partial charge in [-0.3, -0.25) is 4.99 Å². The van der Waals surface area contributed by atoms with Gasteiger partial charge in [-0.2, -0.15) is 0 Å². The van der Waals surface area contributed by atoms with Crippen molar-refractivity contribution in [2.45, 2.75) is 62.5 Å². The van der Waals surface area contributed by atoms with Gasteiger partial charge < -0.3 is 15.4 Å². The summed E-state index contributed by atoms with van der Waals surface area (Å²) >= 11 is 0. The van der Waals surface area contributed by atoms with Gasteiger partial charge in [-0.05, 0) is 25.2 Å². The van der Waals surface area contributed by atoms with Crippen LogP contribution in [-0.2, 0) is 14.6 Å². The Kier molecular flexibility index (Phi) is 8.00. The minimum absolute atomic E-state index is 0.386. The number of sulfone groups is 1. The molecular weight excluding hydrogens is 338 g/mol. The van der Waals surface area contributed by atoms with Crippen LogP contribution < -0.4 is 10.6 Å². The van der Waals surface area contributed by atoms with E-state index in [1.54, 1.807) is 7.05 Å². The number of hydrogen-bond donors (Lipinski definition) is 2. The molecule has 146 valence electrons. The number of nitrogens with one attached hydrogen (secondary N) is 2. The molecule has 1 aliphatic carbocycles. The Morgan fingerprint density at radius 3 is 2.44 bits per heavy atom. The van der Waals surface area contributed by atoms with Crippen molar-refractivity contribution in [1.82, 2.24) is 10.6 Å². The van der Waals surface area contributed by atoms with Crippen LogP contribution in [0.4, 0.5) is 0 Å². The summed E-state index contributed by atoms with van der Waals surface area (Å²) in [5, 5.41) is 6.54. The lowest BCUT2D eigenvalue weighted by molar-refractivity contribution is 0.0756. The maximum atomic E-state index is 12.3. The second kappa shape index (κ2) is 9.76. The van der Waals surface area contributed by atoms with Crippen LogP contribution in [0.5, 0.6) is 0 Å². The molecule has 25 heavy (non-hydrogen) atoms. The normalized spacial score (nSPS) is 22.1. The monoisotopic (exact) mass is 373 g/mol. The lowest BCUT2D eigenvalue weighted by Crippen LogP contribution is -2.53. The number of nitrogens with zero attached hydrogens (tertiary/aromatic N) is 1. The zero-order valence-electron chi connectivity index (χ0n) is 15.8. The van der Waals surface area contributed by atoms with Gasteiger partial charge in [0.1, 0.15) is 0 Å². The van der Waals surface area contributed by atoms with Crippen molar-refractivity contribution in [1.29, 1.82) is 0 Å². The average molecular weight is 374 g/mol. The highest BCUT2D eigenvalue weighted by Crippen LogP contribution is 2.29. The highest BCUT2D eigenvalue weighted by atomic mass is 32.2. The predicted octanol–water partition coefficient (Wildman–Crippen LogP) is 2.11. The molecule has 0 aromatic rings. The molecule has 1 saturated heterocycles. The largest absolute Gasteiger partial charge is 0.381 e. The van der Waals surface area contributed by atoms with Crippen molar-refractivity contribution in [2.24, 2.45) is 10.9 Å². The molecule has 2 rings (SSSR count). The van der Waals surface area contributed by atoms with E-state index in [0.717, 1.165) is 18.9 Å². The molecule has 1 heterocycles. The highest BCUT2D eigenvalue weighted by Gasteiger charge is 2.42. The van der Waals surface area contributed by atoms with Crippen molar-refractivity contribution >= 4 is 15.8 Å². The molecule has 0 bridgehead atoms. The molecule has 6 nitrogen and oxygen atoms in total. The van der Waals surface area contributed by atoms with E-state index in [2.05, 4.69) is 15.6 Å². The van der Waals surface area contributed by atoms with Gasteiger partial charge in [0.2, 0.25) is 0 Å². The fourth-order valence-corrected chi connectivity index (χ4v) is 5.19. The third-order valence-corrected chi connectivity index (χ3v) is 7.92. The molecule has 0 radical (unpaired) electrons. The number of aliphatic imine (C=N–C) groups is 1. The third-order valence-electron chi connectivity index (χ3n) is 5.80. The molecule has 0 unspecified atom stereocenters. The standard InChI is InChI=1S/C18H35N3O3S/c1-19-17(20-12-6-5-9-16-7-3-4-8-16)21-15-18(25(2,22)23)10-13-24-14-11-18/h16H,3-15H2,1-2H3,(H2,19,20,21). The number of ether oxygens (including phenoxy) is 1. The summed E-state index contributed by atoms with van der Waals surface area (Å²) in [6, 6.07) is 0. The van der Waals surface area contributed by atoms with E-state index in [4.69, 9.17) is 4.74 Å². The molecule has 2 fully saturated rings. The highest BCUT2D eigenvalue weighted by molar-refractivity contribution is 7.92. The second-order valence-corrected chi connectivity index (χ2v) is 9.98. The number of unbranched alkanes of at least 4 members (excludes halogenated alkanes) is 1. The van der Waals surface area contributed by atoms with E-state index < -0.39 is 14.6 Å². The summed E-state index contributed by atoms with van der Waals surface area (Å²) in [6.45, 7) is 2.27. The first-order valence-electron chi connectivity index (χ1n) is 9.69. The van der Waals surface area contributed by atoms with Crippen LogP contribution >= 0.6 is 0 Å². The molecule has 0 spiro atoms. The van der Waals surface area contributed by atoms with Gasteiger partial charge in [-0.15, -0.1) is 0 Å². The molecule has 0 aromatic heterocycles. The number of hydrogen-bond acceptors (Lipinski definition) is 4. The summed E-state index contributed by atoms with van der Waals surface area (Å²) < 4.78 is 29.2. The Labute approximate surface area is 153 Å². The molecule has 2 aliphatic rings. The van der Waals surface area contributed by atoms with Gasteiger partial charge >= 0.3 is 0 Å². The van der Waals surface area contributed by atoms with Crippen LogP contribution in [-0.4, -0.2) is 58.7 Å². The molecule has 1 aliphatic heterocycles. The van der Waals surface area contributed by atoms with Crippen LogP contribution in [0, 0.1) is 5.92 Å². The Morgan fingerprint density at radius 1 is 1.16 bits per heavy atom. The molecule has 1 saturated carbocycles. The van der Waals surface area contributed by atoms with Crippen LogP contribution in [0.3, 0.4) is 0 Å². The molecule has 7 heteroatoms. The van der Waals surface area contributed by atoms with Crippen molar-refractivity contribution in [2.75, 3.05) is 39.6 Å². The Morgan fingerprint density at radius 2 is 1.84 bits per heavy atom. The second-order valence-electron chi connectivity index (χ2n) is 7.57. The summed E-state index contributed by atoms with van der Waals surface area (Å²) in [5.74, 6) is 1.64. The SMILES string of the molecule is CN=C(NCCCCC1CCCC1)NCC1(S(C)(=O)=O)CCOCC1. The van der Waals surface area contributed by atoms with Crippen molar-refractivity contribution in [3.05, 3.63) is 0 Å². The lowest BCUT2D eigenvalue weighted by Gasteiger charge is -2.35. The number of rotatable bonds is 8. The summed E-state index contributed by atoms with van der Waals surface area (Å²) in [5.41, 5.74) is 0. The van der Waals surface area contributed by atoms with Crippen LogP contribution in [0.15, 0.2) is 4.99 Å². The Bertz CT molecular complexity index is 522. The zero-order valence-corrected chi connectivity index (χ0v) is 16.7. The van der Waals surface area contributed by atoms with Gasteiger partial charge in [-0.25, -0.2) is 8.42 Å². The average Bonchev–Trinajstić information content (AvgIpc) is 3.10. The topological polar surface area (TPSA) is 79.8 Å². The van der Waals surface area contributed by atoms with Gasteiger partial charge in [0.05, 0.1) is 4.75 Å². The first kappa shape index (κ1) is 20.5. The van der Waals surface area contributed by atoms with Gasteiger partial charge in [0.15, 0.2) is 15.8 Å². The minimum atomic E-state index is -3.16. The summed E-state index contributed by atoms with van der Waals surface area (Å²) in [7, 11) is -1.43. The molecule has 0 atom stereocenters. The number of guanidine groups is 1. The van der Waals surface area contributed by atoms with E-state index in [0.29, 0.717) is 38.6 Å². The van der Waals surface area contributed by atoms with E-state index in [-0.39, 0.29) is 0 Å². The molecule has 0 aromatic carbocycles. The van der Waals surface area contributed by atoms with Crippen molar-refractivity contribution in [3.8, 4) is 0 Å². The fraction of sp³-hybridized carbons (Fsp3) is 0.944. The maximum absolute atomic E-state index is 12.3. The first-order valence-corrected chi connectivity index (χ1v) is 11.6. The van der Waals surface area contributed by atoms with E-state index in [9.17, 15) is 8.42 Å². The molecular formula is C18H35N3O3S. The van der Waals surface area contributed by atoms with Crippen LogP contribution in [0.2, 0.25) is 0 Å². The van der Waals surface area contributed by atoms with Gasteiger partial charge in [0.25, 0.3) is 0 Å². The quantitative estimate of drug-likeness (QED) is 0.387. The van der Waals surface area contributed by atoms with E-state index in [1.165, 1.54) is 44.8 Å². The van der Waals surface area contributed by atoms with Gasteiger partial charge in [-0.1, -0.05) is 38.5 Å². The van der Waals surface area contributed by atoms with Gasteiger partial charge in [0, 0.05) is 39.6 Å². The van der Waals surface area contributed by atoms with E-state index >= 15 is 0 Å². The van der Waals surface area contributed by atoms with Crippen molar-refractivity contribution in [3.63, 3.8) is 0 Å². The molecule has 0 amide bonds. The summed E-state index contributed by atoms with van der Waals surface area (Å²) in [4.78, 5) is 4.23. The van der Waals surface area contributed by atoms with Crippen LogP contribution in [0.1, 0.15) is 57.8 Å². The molecule has 2 N–H and O–H groups in total. The fourth-order valence-electron chi connectivity index (χ4n) is 3.95. The Hall–Kier alpha value is -0.820. The maximum Gasteiger partial charge on any atom is 0.191 e. The first-order chi connectivity index (χ1) is 12.0.